The first-order valence-corrected chi connectivity index (χ1v) is 5.60. The molecule has 0 aliphatic heterocycles. The molecule has 86 valence electrons. The first-order valence-electron chi connectivity index (χ1n) is 5.60. The Labute approximate surface area is 94.7 Å². The maximum atomic E-state index is 11.9. The first kappa shape index (κ1) is 11.1. The van der Waals surface area contributed by atoms with E-state index in [-0.39, 0.29) is 12.5 Å². The summed E-state index contributed by atoms with van der Waals surface area (Å²) in [4.78, 5) is 15.9. The Morgan fingerprint density at radius 1 is 1.44 bits per heavy atom. The summed E-state index contributed by atoms with van der Waals surface area (Å²) >= 11 is 0. The third kappa shape index (κ3) is 2.22. The Balaban J connectivity index is 2.07. The summed E-state index contributed by atoms with van der Waals surface area (Å²) in [5, 5.41) is 12.3. The van der Waals surface area contributed by atoms with Crippen LogP contribution in [-0.4, -0.2) is 28.1 Å². The van der Waals surface area contributed by atoms with E-state index in [9.17, 15) is 9.90 Å². The molecule has 1 aromatic rings. The number of hydrogen-bond acceptors (Lipinski definition) is 3. The fraction of sp³-hybridized carbons (Fsp3) is 0.500. The standard InChI is InChI=1S/C12H16N2O2/c15-9-12(6-2-3-7-12)14-11(16)10-5-1-4-8-13-10/h1,4-5,8,15H,2-3,6-7,9H2,(H,14,16). The third-order valence-electron chi connectivity index (χ3n) is 3.14. The van der Waals surface area contributed by atoms with E-state index in [1.165, 1.54) is 0 Å². The van der Waals surface area contributed by atoms with Gasteiger partial charge in [0.1, 0.15) is 5.69 Å². The highest BCUT2D eigenvalue weighted by Gasteiger charge is 2.34. The molecular weight excluding hydrogens is 204 g/mol. The number of nitrogens with zero attached hydrogens (tertiary/aromatic N) is 1. The lowest BCUT2D eigenvalue weighted by atomic mass is 9.99. The molecule has 16 heavy (non-hydrogen) atoms. The van der Waals surface area contributed by atoms with Gasteiger partial charge in [0.2, 0.25) is 0 Å². The van der Waals surface area contributed by atoms with Crippen molar-refractivity contribution in [3.63, 3.8) is 0 Å². The number of carbonyl (C=O) groups excluding carboxylic acids is 1. The van der Waals surface area contributed by atoms with Crippen LogP contribution in [-0.2, 0) is 0 Å². The topological polar surface area (TPSA) is 62.2 Å². The molecule has 0 spiro atoms. The Kier molecular flexibility index (Phi) is 3.19. The van der Waals surface area contributed by atoms with Crippen LogP contribution in [0.15, 0.2) is 24.4 Å². The fourth-order valence-electron chi connectivity index (χ4n) is 2.18. The van der Waals surface area contributed by atoms with Gasteiger partial charge in [-0.05, 0) is 25.0 Å². The minimum Gasteiger partial charge on any atom is -0.394 e. The van der Waals surface area contributed by atoms with Crippen LogP contribution in [0, 0.1) is 0 Å². The molecule has 4 heteroatoms. The van der Waals surface area contributed by atoms with Crippen molar-refractivity contribution < 1.29 is 9.90 Å². The summed E-state index contributed by atoms with van der Waals surface area (Å²) in [6.45, 7) is 0.00553. The predicted octanol–water partition coefficient (Wildman–Crippen LogP) is 1.12. The van der Waals surface area contributed by atoms with E-state index in [2.05, 4.69) is 10.3 Å². The van der Waals surface area contributed by atoms with E-state index in [1.807, 2.05) is 0 Å². The van der Waals surface area contributed by atoms with E-state index >= 15 is 0 Å². The van der Waals surface area contributed by atoms with Crippen LogP contribution < -0.4 is 5.32 Å². The van der Waals surface area contributed by atoms with Crippen molar-refractivity contribution in [2.75, 3.05) is 6.61 Å². The molecule has 1 saturated carbocycles. The van der Waals surface area contributed by atoms with E-state index in [4.69, 9.17) is 0 Å². The lowest BCUT2D eigenvalue weighted by Crippen LogP contribution is -2.49. The van der Waals surface area contributed by atoms with Crippen molar-refractivity contribution in [2.24, 2.45) is 0 Å². The van der Waals surface area contributed by atoms with Crippen molar-refractivity contribution in [1.82, 2.24) is 10.3 Å². The van der Waals surface area contributed by atoms with Gasteiger partial charge in [0.15, 0.2) is 0 Å². The molecule has 1 aromatic heterocycles. The molecule has 1 fully saturated rings. The average Bonchev–Trinajstić information content (AvgIpc) is 2.79. The van der Waals surface area contributed by atoms with Crippen molar-refractivity contribution in [3.05, 3.63) is 30.1 Å². The zero-order valence-corrected chi connectivity index (χ0v) is 9.15. The number of pyridine rings is 1. The van der Waals surface area contributed by atoms with Crippen molar-refractivity contribution >= 4 is 5.91 Å². The molecule has 2 rings (SSSR count). The molecule has 2 N–H and O–H groups in total. The highest BCUT2D eigenvalue weighted by Crippen LogP contribution is 2.29. The van der Waals surface area contributed by atoms with Gasteiger partial charge >= 0.3 is 0 Å². The smallest absolute Gasteiger partial charge is 0.270 e. The number of rotatable bonds is 3. The number of carbonyl (C=O) groups is 1. The van der Waals surface area contributed by atoms with Gasteiger partial charge in [-0.15, -0.1) is 0 Å². The second kappa shape index (κ2) is 4.61. The molecule has 4 nitrogen and oxygen atoms in total. The van der Waals surface area contributed by atoms with Gasteiger partial charge in [-0.3, -0.25) is 9.78 Å². The van der Waals surface area contributed by atoms with E-state index in [1.54, 1.807) is 24.4 Å². The molecular formula is C12H16N2O2. The van der Waals surface area contributed by atoms with Crippen LogP contribution in [0.3, 0.4) is 0 Å². The minimum absolute atomic E-state index is 0.00553. The van der Waals surface area contributed by atoms with Gasteiger partial charge in [0, 0.05) is 6.20 Å². The largest absolute Gasteiger partial charge is 0.394 e. The van der Waals surface area contributed by atoms with Crippen LogP contribution >= 0.6 is 0 Å². The number of hydrogen-bond donors (Lipinski definition) is 2. The molecule has 1 amide bonds. The number of aromatic nitrogens is 1. The molecule has 0 bridgehead atoms. The van der Waals surface area contributed by atoms with Crippen LogP contribution in [0.25, 0.3) is 0 Å². The number of amides is 1. The Morgan fingerprint density at radius 2 is 2.19 bits per heavy atom. The van der Waals surface area contributed by atoms with Crippen molar-refractivity contribution in [2.45, 2.75) is 31.2 Å². The maximum Gasteiger partial charge on any atom is 0.270 e. The lowest BCUT2D eigenvalue weighted by molar-refractivity contribution is 0.0833. The van der Waals surface area contributed by atoms with Crippen molar-refractivity contribution in [1.29, 1.82) is 0 Å². The summed E-state index contributed by atoms with van der Waals surface area (Å²) in [6.07, 6.45) is 5.41. The molecule has 1 aliphatic carbocycles. The van der Waals surface area contributed by atoms with Gasteiger partial charge in [0.05, 0.1) is 12.1 Å². The fourth-order valence-corrected chi connectivity index (χ4v) is 2.18. The molecule has 0 atom stereocenters. The highest BCUT2D eigenvalue weighted by molar-refractivity contribution is 5.92. The zero-order valence-electron chi connectivity index (χ0n) is 9.15. The summed E-state index contributed by atoms with van der Waals surface area (Å²) < 4.78 is 0. The van der Waals surface area contributed by atoms with E-state index < -0.39 is 5.54 Å². The number of aliphatic hydroxyl groups is 1. The minimum atomic E-state index is -0.422. The van der Waals surface area contributed by atoms with Gasteiger partial charge < -0.3 is 10.4 Å². The molecule has 0 saturated heterocycles. The van der Waals surface area contributed by atoms with Gasteiger partial charge in [-0.1, -0.05) is 18.9 Å². The van der Waals surface area contributed by atoms with Gasteiger partial charge in [-0.2, -0.15) is 0 Å². The second-order valence-electron chi connectivity index (χ2n) is 4.31. The average molecular weight is 220 g/mol. The molecule has 1 heterocycles. The molecule has 0 unspecified atom stereocenters. The van der Waals surface area contributed by atoms with Gasteiger partial charge in [-0.25, -0.2) is 0 Å². The first-order chi connectivity index (χ1) is 7.76. The number of aliphatic hydroxyl groups excluding tert-OH is 1. The Bertz CT molecular complexity index is 359. The normalized spacial score (nSPS) is 18.3. The van der Waals surface area contributed by atoms with Crippen LogP contribution in [0.2, 0.25) is 0 Å². The third-order valence-corrected chi connectivity index (χ3v) is 3.14. The maximum absolute atomic E-state index is 11.9. The van der Waals surface area contributed by atoms with Crippen LogP contribution in [0.4, 0.5) is 0 Å². The molecule has 1 aliphatic rings. The summed E-state index contributed by atoms with van der Waals surface area (Å²) in [6, 6.07) is 5.23. The van der Waals surface area contributed by atoms with Gasteiger partial charge in [0.25, 0.3) is 5.91 Å². The SMILES string of the molecule is O=C(NC1(CO)CCCC1)c1ccccn1. The lowest BCUT2D eigenvalue weighted by Gasteiger charge is -2.27. The Morgan fingerprint density at radius 3 is 2.75 bits per heavy atom. The highest BCUT2D eigenvalue weighted by atomic mass is 16.3. The monoisotopic (exact) mass is 220 g/mol. The van der Waals surface area contributed by atoms with Crippen molar-refractivity contribution in [3.8, 4) is 0 Å². The van der Waals surface area contributed by atoms with Crippen LogP contribution in [0.5, 0.6) is 0 Å². The second-order valence-corrected chi connectivity index (χ2v) is 4.31. The molecule has 0 aromatic carbocycles. The van der Waals surface area contributed by atoms with Crippen LogP contribution in [0.1, 0.15) is 36.2 Å². The summed E-state index contributed by atoms with van der Waals surface area (Å²) in [5.41, 5.74) is -0.0172. The quantitative estimate of drug-likeness (QED) is 0.802. The summed E-state index contributed by atoms with van der Waals surface area (Å²) in [5.74, 6) is -0.198. The number of nitrogens with one attached hydrogen (secondary N) is 1. The predicted molar refractivity (Wildman–Crippen MR) is 60.0 cm³/mol. The molecule has 0 radical (unpaired) electrons. The van der Waals surface area contributed by atoms with E-state index in [0.717, 1.165) is 25.7 Å². The summed E-state index contributed by atoms with van der Waals surface area (Å²) in [7, 11) is 0. The Hall–Kier alpha value is -1.42. The zero-order chi connectivity index (χ0) is 11.4. The van der Waals surface area contributed by atoms with E-state index in [0.29, 0.717) is 5.69 Å².